The molecular formula is C25H27F2NO6. The van der Waals surface area contributed by atoms with Gasteiger partial charge >= 0.3 is 12.6 Å². The third kappa shape index (κ3) is 5.58. The van der Waals surface area contributed by atoms with Crippen LogP contribution in [0, 0.1) is 0 Å². The molecule has 1 aliphatic heterocycles. The van der Waals surface area contributed by atoms with Crippen molar-refractivity contribution in [2.75, 3.05) is 26.4 Å². The van der Waals surface area contributed by atoms with Crippen molar-refractivity contribution in [1.29, 1.82) is 0 Å². The number of rotatable bonds is 9. The molecule has 4 rings (SSSR count). The van der Waals surface area contributed by atoms with Gasteiger partial charge in [0, 0.05) is 6.54 Å². The molecular weight excluding hydrogens is 448 g/mol. The molecule has 1 aliphatic carbocycles. The molecule has 0 saturated heterocycles. The highest BCUT2D eigenvalue weighted by molar-refractivity contribution is 5.87. The van der Waals surface area contributed by atoms with Crippen molar-refractivity contribution >= 4 is 11.9 Å². The predicted octanol–water partition coefficient (Wildman–Crippen LogP) is 3.77. The predicted molar refractivity (Wildman–Crippen MR) is 118 cm³/mol. The van der Waals surface area contributed by atoms with E-state index in [2.05, 4.69) is 10.1 Å². The van der Waals surface area contributed by atoms with Gasteiger partial charge in [0.15, 0.2) is 18.1 Å². The van der Waals surface area contributed by atoms with Gasteiger partial charge in [-0.05, 0) is 54.7 Å². The number of alkyl halides is 2. The van der Waals surface area contributed by atoms with Crippen molar-refractivity contribution in [2.45, 2.75) is 44.1 Å². The summed E-state index contributed by atoms with van der Waals surface area (Å²) in [4.78, 5) is 25.3. The first-order valence-electron chi connectivity index (χ1n) is 11.3. The molecule has 2 aliphatic rings. The monoisotopic (exact) mass is 475 g/mol. The summed E-state index contributed by atoms with van der Waals surface area (Å²) >= 11 is 0. The maximum atomic E-state index is 13.1. The number of nitrogens with one attached hydrogen (secondary N) is 1. The third-order valence-electron chi connectivity index (χ3n) is 6.16. The summed E-state index contributed by atoms with van der Waals surface area (Å²) < 4.78 is 45.4. The molecule has 0 atom stereocenters. The molecule has 0 radical (unpaired) electrons. The Labute approximate surface area is 196 Å². The summed E-state index contributed by atoms with van der Waals surface area (Å²) in [5, 5.41) is 2.71. The van der Waals surface area contributed by atoms with E-state index in [4.69, 9.17) is 14.2 Å². The van der Waals surface area contributed by atoms with E-state index in [1.54, 1.807) is 12.1 Å². The largest absolute Gasteiger partial charge is 0.486 e. The van der Waals surface area contributed by atoms with Gasteiger partial charge < -0.3 is 24.3 Å². The Morgan fingerprint density at radius 1 is 1.00 bits per heavy atom. The van der Waals surface area contributed by atoms with Crippen LogP contribution in [0.3, 0.4) is 0 Å². The molecule has 0 spiro atoms. The second-order valence-corrected chi connectivity index (χ2v) is 8.35. The quantitative estimate of drug-likeness (QED) is 0.556. The first-order valence-corrected chi connectivity index (χ1v) is 11.3. The number of hydrogen-bond acceptors (Lipinski definition) is 6. The van der Waals surface area contributed by atoms with E-state index in [0.717, 1.165) is 24.0 Å². The lowest BCUT2D eigenvalue weighted by atomic mass is 9.78. The van der Waals surface area contributed by atoms with Crippen LogP contribution in [0.5, 0.6) is 17.2 Å². The third-order valence-corrected chi connectivity index (χ3v) is 6.16. The number of halogens is 2. The van der Waals surface area contributed by atoms with Crippen LogP contribution in [-0.2, 0) is 26.2 Å². The van der Waals surface area contributed by atoms with Gasteiger partial charge in [-0.15, -0.1) is 0 Å². The Morgan fingerprint density at radius 3 is 2.41 bits per heavy atom. The summed E-state index contributed by atoms with van der Waals surface area (Å²) in [7, 11) is 0. The molecule has 1 fully saturated rings. The highest BCUT2D eigenvalue weighted by Crippen LogP contribution is 2.45. The van der Waals surface area contributed by atoms with E-state index in [1.165, 1.54) is 12.1 Å². The second-order valence-electron chi connectivity index (χ2n) is 8.35. The first-order chi connectivity index (χ1) is 16.5. The van der Waals surface area contributed by atoms with Crippen LogP contribution < -0.4 is 19.5 Å². The molecule has 0 bridgehead atoms. The zero-order chi connectivity index (χ0) is 24.0. The topological polar surface area (TPSA) is 83.1 Å². The molecule has 1 N–H and O–H groups in total. The van der Waals surface area contributed by atoms with Crippen molar-refractivity contribution < 1.29 is 37.3 Å². The Balaban J connectivity index is 1.28. The Morgan fingerprint density at radius 2 is 1.71 bits per heavy atom. The van der Waals surface area contributed by atoms with Crippen LogP contribution in [0.15, 0.2) is 42.5 Å². The lowest BCUT2D eigenvalue weighted by Gasteiger charge is -2.28. The van der Waals surface area contributed by atoms with Gasteiger partial charge in [0.1, 0.15) is 19.0 Å². The number of benzene rings is 2. The van der Waals surface area contributed by atoms with Crippen LogP contribution in [0.2, 0.25) is 0 Å². The number of carbonyl (C=O) groups excluding carboxylic acids is 2. The molecule has 2 aromatic rings. The van der Waals surface area contributed by atoms with Gasteiger partial charge in [0.25, 0.3) is 5.91 Å². The van der Waals surface area contributed by atoms with Crippen molar-refractivity contribution in [3.05, 3.63) is 53.6 Å². The van der Waals surface area contributed by atoms with E-state index in [9.17, 15) is 18.4 Å². The second kappa shape index (κ2) is 10.7. The van der Waals surface area contributed by atoms with Gasteiger partial charge in [0.05, 0.1) is 5.41 Å². The van der Waals surface area contributed by atoms with E-state index in [-0.39, 0.29) is 12.4 Å². The average Bonchev–Trinajstić information content (AvgIpc) is 3.34. The van der Waals surface area contributed by atoms with Gasteiger partial charge in [0.2, 0.25) is 0 Å². The first kappa shape index (κ1) is 23.8. The molecule has 0 unspecified atom stereocenters. The zero-order valence-corrected chi connectivity index (χ0v) is 18.7. The molecule has 1 heterocycles. The Kier molecular flexibility index (Phi) is 7.49. The fourth-order valence-corrected chi connectivity index (χ4v) is 4.43. The number of hydrogen-bond donors (Lipinski definition) is 1. The van der Waals surface area contributed by atoms with E-state index < -0.39 is 23.9 Å². The molecule has 7 nitrogen and oxygen atoms in total. The zero-order valence-electron chi connectivity index (χ0n) is 18.7. The summed E-state index contributed by atoms with van der Waals surface area (Å²) in [6, 6.07) is 11.7. The van der Waals surface area contributed by atoms with Gasteiger partial charge in [-0.25, -0.2) is 0 Å². The summed E-state index contributed by atoms with van der Waals surface area (Å²) in [5.41, 5.74) is 0.874. The van der Waals surface area contributed by atoms with Crippen molar-refractivity contribution in [3.8, 4) is 17.2 Å². The average molecular weight is 475 g/mol. The van der Waals surface area contributed by atoms with E-state index in [1.807, 2.05) is 18.2 Å². The van der Waals surface area contributed by atoms with Crippen LogP contribution in [-0.4, -0.2) is 44.9 Å². The molecule has 9 heteroatoms. The molecule has 2 aromatic carbocycles. The number of ether oxygens (including phenoxy) is 4. The SMILES string of the molecule is O=C(COC(=O)C1(c2ccc3c(c2)OCCO3)CCCC1)NCCc1ccc(OC(F)F)cc1. The highest BCUT2D eigenvalue weighted by atomic mass is 19.3. The number of carbonyl (C=O) groups is 2. The Hall–Kier alpha value is -3.36. The van der Waals surface area contributed by atoms with Gasteiger partial charge in [-0.1, -0.05) is 31.0 Å². The van der Waals surface area contributed by atoms with Crippen molar-refractivity contribution in [3.63, 3.8) is 0 Å². The summed E-state index contributed by atoms with van der Waals surface area (Å²) in [6.07, 6.45) is 3.60. The fourth-order valence-electron chi connectivity index (χ4n) is 4.43. The van der Waals surface area contributed by atoms with E-state index >= 15 is 0 Å². The molecule has 0 aromatic heterocycles. The molecule has 182 valence electrons. The number of amides is 1. The molecule has 34 heavy (non-hydrogen) atoms. The number of fused-ring (bicyclic) bond motifs is 1. The Bertz CT molecular complexity index is 1000. The maximum absolute atomic E-state index is 13.1. The number of esters is 1. The minimum atomic E-state index is -2.87. The van der Waals surface area contributed by atoms with Crippen LogP contribution in [0.1, 0.15) is 36.8 Å². The smallest absolute Gasteiger partial charge is 0.387 e. The van der Waals surface area contributed by atoms with Gasteiger partial charge in [-0.2, -0.15) is 8.78 Å². The molecule has 1 saturated carbocycles. The van der Waals surface area contributed by atoms with Crippen LogP contribution in [0.4, 0.5) is 8.78 Å². The van der Waals surface area contributed by atoms with E-state index in [0.29, 0.717) is 50.5 Å². The van der Waals surface area contributed by atoms with Crippen molar-refractivity contribution in [1.82, 2.24) is 5.32 Å². The fraction of sp³-hybridized carbons (Fsp3) is 0.440. The lowest BCUT2D eigenvalue weighted by Crippen LogP contribution is -2.38. The minimum absolute atomic E-state index is 0.0774. The van der Waals surface area contributed by atoms with Crippen LogP contribution in [0.25, 0.3) is 0 Å². The lowest BCUT2D eigenvalue weighted by molar-refractivity contribution is -0.154. The molecule has 1 amide bonds. The van der Waals surface area contributed by atoms with Gasteiger partial charge in [-0.3, -0.25) is 9.59 Å². The highest BCUT2D eigenvalue weighted by Gasteiger charge is 2.45. The summed E-state index contributed by atoms with van der Waals surface area (Å²) in [6.45, 7) is -1.97. The van der Waals surface area contributed by atoms with Crippen LogP contribution >= 0.6 is 0 Å². The summed E-state index contributed by atoms with van der Waals surface area (Å²) in [5.74, 6) is 0.544. The standard InChI is InChI=1S/C25H27F2NO6/c26-24(27)34-19-6-3-17(4-7-19)9-12-28-22(29)16-33-23(30)25(10-1-2-11-25)18-5-8-20-21(15-18)32-14-13-31-20/h3-8,15,24H,1-2,9-14,16H2,(H,28,29). The normalized spacial score (nSPS) is 16.2. The minimum Gasteiger partial charge on any atom is -0.486 e. The van der Waals surface area contributed by atoms with Crippen molar-refractivity contribution in [2.24, 2.45) is 0 Å². The maximum Gasteiger partial charge on any atom is 0.387 e.